The van der Waals surface area contributed by atoms with Gasteiger partial charge in [-0.05, 0) is 6.07 Å². The Morgan fingerprint density at radius 1 is 1.75 bits per heavy atom. The summed E-state index contributed by atoms with van der Waals surface area (Å²) in [5.74, 6) is 0.452. The molecule has 1 aromatic rings. The number of aromatic nitrogens is 1. The zero-order valence-electron chi connectivity index (χ0n) is 8.88. The molecule has 2 rings (SSSR count). The molecule has 0 spiro atoms. The van der Waals surface area contributed by atoms with Crippen molar-refractivity contribution in [3.05, 3.63) is 23.4 Å². The number of nitrogens with zero attached hydrogens (tertiary/aromatic N) is 3. The predicted octanol–water partition coefficient (Wildman–Crippen LogP) is 0.610. The van der Waals surface area contributed by atoms with Crippen LogP contribution in [0.4, 0.5) is 0 Å². The molecule has 0 N–H and O–H groups in total. The van der Waals surface area contributed by atoms with Gasteiger partial charge in [0.15, 0.2) is 6.29 Å². The van der Waals surface area contributed by atoms with E-state index in [1.807, 2.05) is 11.0 Å². The summed E-state index contributed by atoms with van der Waals surface area (Å²) in [7, 11) is 1.52. The second kappa shape index (κ2) is 4.29. The van der Waals surface area contributed by atoms with E-state index >= 15 is 0 Å². The summed E-state index contributed by atoms with van der Waals surface area (Å²) in [5.41, 5.74) is 1.24. The molecule has 0 bridgehead atoms. The summed E-state index contributed by atoms with van der Waals surface area (Å²) in [6.45, 7) is 1.42. The van der Waals surface area contributed by atoms with Crippen molar-refractivity contribution in [2.45, 2.75) is 12.6 Å². The van der Waals surface area contributed by atoms with E-state index in [1.165, 1.54) is 7.11 Å². The molecule has 16 heavy (non-hydrogen) atoms. The van der Waals surface area contributed by atoms with Crippen molar-refractivity contribution >= 4 is 6.29 Å². The highest BCUT2D eigenvalue weighted by Crippen LogP contribution is 2.24. The standard InChI is InChI=1S/C11H11N3O2/c1-16-11-8(2-3-9(7-15)13-11)5-14-6-10(14)4-12/h2-3,7,10H,5-6H2,1H3. The van der Waals surface area contributed by atoms with Crippen LogP contribution in [0.2, 0.25) is 0 Å². The molecular weight excluding hydrogens is 206 g/mol. The SMILES string of the molecule is COc1nc(C=O)ccc1CN1CC1C#N. The second-order valence-electron chi connectivity index (χ2n) is 3.60. The van der Waals surface area contributed by atoms with Crippen molar-refractivity contribution in [3.8, 4) is 11.9 Å². The monoisotopic (exact) mass is 217 g/mol. The first-order valence-electron chi connectivity index (χ1n) is 4.91. The largest absolute Gasteiger partial charge is 0.481 e. The minimum absolute atomic E-state index is 0.00968. The third-order valence-electron chi connectivity index (χ3n) is 2.51. The summed E-state index contributed by atoms with van der Waals surface area (Å²) >= 11 is 0. The number of aldehydes is 1. The Hall–Kier alpha value is -1.93. The molecule has 5 heteroatoms. The molecule has 1 saturated heterocycles. The lowest BCUT2D eigenvalue weighted by atomic mass is 10.2. The maximum absolute atomic E-state index is 10.5. The van der Waals surface area contributed by atoms with Crippen LogP contribution in [-0.4, -0.2) is 35.9 Å². The molecule has 0 aliphatic carbocycles. The zero-order chi connectivity index (χ0) is 11.5. The van der Waals surface area contributed by atoms with Crippen molar-refractivity contribution in [2.24, 2.45) is 0 Å². The summed E-state index contributed by atoms with van der Waals surface area (Å²) in [6.07, 6.45) is 0.682. The lowest BCUT2D eigenvalue weighted by Gasteiger charge is -2.07. The molecular formula is C11H11N3O2. The van der Waals surface area contributed by atoms with Gasteiger partial charge in [-0.1, -0.05) is 6.07 Å². The molecule has 5 nitrogen and oxygen atoms in total. The first-order valence-corrected chi connectivity index (χ1v) is 4.91. The number of hydrogen-bond donors (Lipinski definition) is 0. The molecule has 0 aromatic carbocycles. The topological polar surface area (TPSA) is 66.0 Å². The van der Waals surface area contributed by atoms with Crippen molar-refractivity contribution < 1.29 is 9.53 Å². The van der Waals surface area contributed by atoms with Gasteiger partial charge in [-0.2, -0.15) is 5.26 Å². The fourth-order valence-electron chi connectivity index (χ4n) is 1.54. The van der Waals surface area contributed by atoms with Crippen LogP contribution in [0.25, 0.3) is 0 Å². The van der Waals surface area contributed by atoms with Gasteiger partial charge in [0.25, 0.3) is 0 Å². The molecule has 82 valence electrons. The molecule has 1 aliphatic heterocycles. The van der Waals surface area contributed by atoms with Crippen LogP contribution in [0, 0.1) is 11.3 Å². The third-order valence-corrected chi connectivity index (χ3v) is 2.51. The Morgan fingerprint density at radius 3 is 3.12 bits per heavy atom. The molecule has 0 amide bonds. The van der Waals surface area contributed by atoms with Gasteiger partial charge < -0.3 is 4.74 Å². The minimum atomic E-state index is 0.00968. The Morgan fingerprint density at radius 2 is 2.56 bits per heavy atom. The van der Waals surface area contributed by atoms with Gasteiger partial charge in [0.1, 0.15) is 11.7 Å². The highest BCUT2D eigenvalue weighted by atomic mass is 16.5. The molecule has 0 saturated carbocycles. The number of nitriles is 1. The van der Waals surface area contributed by atoms with Gasteiger partial charge >= 0.3 is 0 Å². The van der Waals surface area contributed by atoms with E-state index in [2.05, 4.69) is 11.1 Å². The number of carbonyl (C=O) groups is 1. The summed E-state index contributed by atoms with van der Waals surface area (Å²) < 4.78 is 5.11. The van der Waals surface area contributed by atoms with E-state index in [0.29, 0.717) is 24.4 Å². The Balaban J connectivity index is 2.15. The average molecular weight is 217 g/mol. The molecule has 0 radical (unpaired) electrons. The second-order valence-corrected chi connectivity index (χ2v) is 3.60. The fraction of sp³-hybridized carbons (Fsp3) is 0.364. The van der Waals surface area contributed by atoms with Crippen LogP contribution in [0.3, 0.4) is 0 Å². The van der Waals surface area contributed by atoms with Crippen LogP contribution in [0.1, 0.15) is 16.1 Å². The molecule has 1 aromatic heterocycles. The van der Waals surface area contributed by atoms with Gasteiger partial charge in [0.2, 0.25) is 5.88 Å². The number of carbonyl (C=O) groups excluding carboxylic acids is 1. The number of ether oxygens (including phenoxy) is 1. The maximum atomic E-state index is 10.5. The first kappa shape index (κ1) is 10.6. The van der Waals surface area contributed by atoms with E-state index in [0.717, 1.165) is 12.1 Å². The number of hydrogen-bond acceptors (Lipinski definition) is 5. The van der Waals surface area contributed by atoms with Crippen molar-refractivity contribution in [1.29, 1.82) is 5.26 Å². The quantitative estimate of drug-likeness (QED) is 0.546. The number of rotatable bonds is 4. The van der Waals surface area contributed by atoms with E-state index in [4.69, 9.17) is 10.00 Å². The summed E-state index contributed by atoms with van der Waals surface area (Å²) in [5, 5.41) is 8.68. The molecule has 2 unspecified atom stereocenters. The first-order chi connectivity index (χ1) is 7.78. The van der Waals surface area contributed by atoms with Crippen LogP contribution >= 0.6 is 0 Å². The van der Waals surface area contributed by atoms with Gasteiger partial charge in [-0.3, -0.25) is 9.69 Å². The van der Waals surface area contributed by atoms with Crippen molar-refractivity contribution in [2.75, 3.05) is 13.7 Å². The van der Waals surface area contributed by atoms with Crippen LogP contribution in [0.15, 0.2) is 12.1 Å². The fourth-order valence-corrected chi connectivity index (χ4v) is 1.54. The zero-order valence-corrected chi connectivity index (χ0v) is 8.88. The lowest BCUT2D eigenvalue weighted by molar-refractivity contribution is 0.111. The van der Waals surface area contributed by atoms with Gasteiger partial charge in [0, 0.05) is 18.7 Å². The normalized spacial score (nSPS) is 22.2. The van der Waals surface area contributed by atoms with E-state index < -0.39 is 0 Å². The van der Waals surface area contributed by atoms with Gasteiger partial charge in [0.05, 0.1) is 13.2 Å². The van der Waals surface area contributed by atoms with Crippen molar-refractivity contribution in [1.82, 2.24) is 9.88 Å². The summed E-state index contributed by atoms with van der Waals surface area (Å²) in [4.78, 5) is 16.6. The maximum Gasteiger partial charge on any atom is 0.218 e. The van der Waals surface area contributed by atoms with Crippen LogP contribution in [-0.2, 0) is 6.54 Å². The average Bonchev–Trinajstić information content (AvgIpc) is 3.08. The van der Waals surface area contributed by atoms with E-state index in [-0.39, 0.29) is 6.04 Å². The molecule has 2 heterocycles. The molecule has 2 atom stereocenters. The Kier molecular flexibility index (Phi) is 2.84. The molecule has 1 aliphatic rings. The van der Waals surface area contributed by atoms with Crippen LogP contribution < -0.4 is 4.74 Å². The van der Waals surface area contributed by atoms with Crippen molar-refractivity contribution in [3.63, 3.8) is 0 Å². The van der Waals surface area contributed by atoms with E-state index in [1.54, 1.807) is 6.07 Å². The molecule has 1 fully saturated rings. The van der Waals surface area contributed by atoms with Gasteiger partial charge in [-0.15, -0.1) is 0 Å². The van der Waals surface area contributed by atoms with Gasteiger partial charge in [-0.25, -0.2) is 4.98 Å². The Labute approximate surface area is 93.3 Å². The highest BCUT2D eigenvalue weighted by molar-refractivity contribution is 5.72. The predicted molar refractivity (Wildman–Crippen MR) is 56.0 cm³/mol. The number of methoxy groups -OCH3 is 1. The number of pyridine rings is 1. The van der Waals surface area contributed by atoms with E-state index in [9.17, 15) is 4.79 Å². The Bertz CT molecular complexity index is 453. The lowest BCUT2D eigenvalue weighted by Crippen LogP contribution is -2.05. The summed E-state index contributed by atoms with van der Waals surface area (Å²) in [6, 6.07) is 5.64. The smallest absolute Gasteiger partial charge is 0.218 e. The highest BCUT2D eigenvalue weighted by Gasteiger charge is 2.34. The third kappa shape index (κ3) is 2.02. The van der Waals surface area contributed by atoms with Crippen LogP contribution in [0.5, 0.6) is 5.88 Å². The minimum Gasteiger partial charge on any atom is -0.481 e.